The number of aliphatic hydroxyl groups excluding tert-OH is 1. The van der Waals surface area contributed by atoms with Gasteiger partial charge in [-0.3, -0.25) is 10.1 Å². The van der Waals surface area contributed by atoms with Crippen LogP contribution in [0, 0.1) is 0 Å². The number of carbonyl (C=O) groups excluding carboxylic acids is 2. The predicted molar refractivity (Wildman–Crippen MR) is 60.8 cm³/mol. The van der Waals surface area contributed by atoms with E-state index in [4.69, 9.17) is 5.11 Å². The lowest BCUT2D eigenvalue weighted by Crippen LogP contribution is -2.32. The molecule has 0 aromatic carbocycles. The van der Waals surface area contributed by atoms with Crippen molar-refractivity contribution in [3.05, 3.63) is 6.20 Å². The quantitative estimate of drug-likeness (QED) is 0.693. The Morgan fingerprint density at radius 2 is 2.33 bits per heavy atom. The van der Waals surface area contributed by atoms with Gasteiger partial charge >= 0.3 is 6.09 Å². The van der Waals surface area contributed by atoms with Crippen molar-refractivity contribution in [2.24, 2.45) is 0 Å². The first-order valence-electron chi connectivity index (χ1n) is 5.16. The summed E-state index contributed by atoms with van der Waals surface area (Å²) in [5, 5.41) is 18.3. The van der Waals surface area contributed by atoms with Crippen LogP contribution in [-0.2, 0) is 16.1 Å². The van der Waals surface area contributed by atoms with Gasteiger partial charge in [0.15, 0.2) is 5.82 Å². The molecule has 9 nitrogen and oxygen atoms in total. The highest BCUT2D eigenvalue weighted by Crippen LogP contribution is 2.01. The fraction of sp³-hybridized carbons (Fsp3) is 0.556. The van der Waals surface area contributed by atoms with Crippen molar-refractivity contribution in [1.29, 1.82) is 0 Å². The topological polar surface area (TPSA) is 110 Å². The Hall–Kier alpha value is -2.16. The van der Waals surface area contributed by atoms with E-state index in [0.29, 0.717) is 0 Å². The summed E-state index contributed by atoms with van der Waals surface area (Å²) in [6.45, 7) is 0.127. The van der Waals surface area contributed by atoms with Gasteiger partial charge in [-0.15, -0.1) is 5.10 Å². The largest absolute Gasteiger partial charge is 0.453 e. The minimum absolute atomic E-state index is 0.0215. The SMILES string of the molecule is COC(=O)Nc1cn(CC(=O)N(C)CCO)nn1. The van der Waals surface area contributed by atoms with Gasteiger partial charge in [-0.1, -0.05) is 5.21 Å². The molecule has 0 aliphatic rings. The van der Waals surface area contributed by atoms with E-state index in [1.165, 1.54) is 22.9 Å². The Labute approximate surface area is 103 Å². The number of methoxy groups -OCH3 is 1. The van der Waals surface area contributed by atoms with E-state index < -0.39 is 6.09 Å². The van der Waals surface area contributed by atoms with Crippen molar-refractivity contribution < 1.29 is 19.4 Å². The van der Waals surface area contributed by atoms with Crippen LogP contribution in [0.1, 0.15) is 0 Å². The third kappa shape index (κ3) is 4.01. The molecule has 2 N–H and O–H groups in total. The molecule has 100 valence electrons. The lowest BCUT2D eigenvalue weighted by atomic mass is 10.5. The van der Waals surface area contributed by atoms with Crippen LogP contribution in [0.2, 0.25) is 0 Å². The molecule has 0 saturated carbocycles. The first-order chi connectivity index (χ1) is 8.56. The molecule has 0 aliphatic heterocycles. The number of rotatable bonds is 5. The van der Waals surface area contributed by atoms with Crippen molar-refractivity contribution in [3.8, 4) is 0 Å². The van der Waals surface area contributed by atoms with Crippen molar-refractivity contribution in [2.45, 2.75) is 6.54 Å². The molecule has 0 saturated heterocycles. The molecule has 0 spiro atoms. The highest BCUT2D eigenvalue weighted by molar-refractivity contribution is 5.82. The van der Waals surface area contributed by atoms with Crippen LogP contribution >= 0.6 is 0 Å². The summed E-state index contributed by atoms with van der Waals surface area (Å²) in [5.74, 6) is -0.0296. The van der Waals surface area contributed by atoms with Gasteiger partial charge in [-0.25, -0.2) is 9.48 Å². The van der Waals surface area contributed by atoms with E-state index in [1.807, 2.05) is 0 Å². The highest BCUT2D eigenvalue weighted by atomic mass is 16.5. The van der Waals surface area contributed by atoms with Crippen LogP contribution in [0.4, 0.5) is 10.6 Å². The predicted octanol–water partition coefficient (Wildman–Crippen LogP) is -1.09. The van der Waals surface area contributed by atoms with Gasteiger partial charge in [0.2, 0.25) is 5.91 Å². The smallest absolute Gasteiger partial charge is 0.412 e. The summed E-state index contributed by atoms with van der Waals surface area (Å²) in [4.78, 5) is 23.9. The van der Waals surface area contributed by atoms with Gasteiger partial charge in [0.05, 0.1) is 19.9 Å². The van der Waals surface area contributed by atoms with Crippen molar-refractivity contribution in [1.82, 2.24) is 19.9 Å². The fourth-order valence-electron chi connectivity index (χ4n) is 1.12. The number of aliphatic hydroxyl groups is 1. The third-order valence-electron chi connectivity index (χ3n) is 2.11. The maximum Gasteiger partial charge on any atom is 0.412 e. The summed E-state index contributed by atoms with van der Waals surface area (Å²) in [6.07, 6.45) is 0.743. The van der Waals surface area contributed by atoms with Crippen LogP contribution in [0.15, 0.2) is 6.20 Å². The number of nitrogens with one attached hydrogen (secondary N) is 1. The van der Waals surface area contributed by atoms with E-state index in [2.05, 4.69) is 20.4 Å². The molecule has 0 atom stereocenters. The van der Waals surface area contributed by atoms with Crippen molar-refractivity contribution in [3.63, 3.8) is 0 Å². The summed E-state index contributed by atoms with van der Waals surface area (Å²) < 4.78 is 5.66. The second-order valence-electron chi connectivity index (χ2n) is 3.46. The van der Waals surface area contributed by atoms with Gasteiger partial charge in [-0.05, 0) is 0 Å². The second kappa shape index (κ2) is 6.55. The lowest BCUT2D eigenvalue weighted by Gasteiger charge is -2.14. The molecule has 0 aliphatic carbocycles. The molecule has 0 bridgehead atoms. The molecule has 2 amide bonds. The zero-order chi connectivity index (χ0) is 13.5. The van der Waals surface area contributed by atoms with E-state index in [-0.39, 0.29) is 31.4 Å². The third-order valence-corrected chi connectivity index (χ3v) is 2.11. The van der Waals surface area contributed by atoms with Gasteiger partial charge in [0.25, 0.3) is 0 Å². The average molecular weight is 257 g/mol. The van der Waals surface area contributed by atoms with E-state index in [1.54, 1.807) is 7.05 Å². The number of anilines is 1. The number of nitrogens with zero attached hydrogens (tertiary/aromatic N) is 4. The number of hydrogen-bond acceptors (Lipinski definition) is 6. The Bertz CT molecular complexity index is 419. The van der Waals surface area contributed by atoms with Crippen LogP contribution in [-0.4, -0.2) is 64.3 Å². The molecular weight excluding hydrogens is 242 g/mol. The Morgan fingerprint density at radius 1 is 1.61 bits per heavy atom. The normalized spacial score (nSPS) is 9.94. The Morgan fingerprint density at radius 3 is 2.94 bits per heavy atom. The number of aromatic nitrogens is 3. The number of amides is 2. The first kappa shape index (κ1) is 13.9. The van der Waals surface area contributed by atoms with Crippen LogP contribution in [0.25, 0.3) is 0 Å². The Kier molecular flexibility index (Phi) is 5.06. The lowest BCUT2D eigenvalue weighted by molar-refractivity contribution is -0.131. The zero-order valence-corrected chi connectivity index (χ0v) is 10.2. The van der Waals surface area contributed by atoms with Crippen molar-refractivity contribution >= 4 is 17.8 Å². The first-order valence-corrected chi connectivity index (χ1v) is 5.16. The fourth-order valence-corrected chi connectivity index (χ4v) is 1.12. The molecular formula is C9H15N5O4. The molecule has 18 heavy (non-hydrogen) atoms. The molecule has 0 radical (unpaired) electrons. The van der Waals surface area contributed by atoms with Crippen LogP contribution < -0.4 is 5.32 Å². The van der Waals surface area contributed by atoms with Gasteiger partial charge in [-0.2, -0.15) is 0 Å². The molecule has 1 aromatic heterocycles. The minimum Gasteiger partial charge on any atom is -0.453 e. The second-order valence-corrected chi connectivity index (χ2v) is 3.46. The highest BCUT2D eigenvalue weighted by Gasteiger charge is 2.11. The minimum atomic E-state index is -0.661. The van der Waals surface area contributed by atoms with Crippen LogP contribution in [0.3, 0.4) is 0 Å². The van der Waals surface area contributed by atoms with Crippen LogP contribution in [0.5, 0.6) is 0 Å². The van der Waals surface area contributed by atoms with Crippen molar-refractivity contribution in [2.75, 3.05) is 32.6 Å². The standard InChI is InChI=1S/C9H15N5O4/c1-13(3-4-15)8(16)6-14-5-7(11-12-14)10-9(17)18-2/h5,15H,3-4,6H2,1-2H3,(H,10,17). The maximum atomic E-state index is 11.6. The van der Waals surface area contributed by atoms with E-state index >= 15 is 0 Å². The molecule has 0 unspecified atom stereocenters. The van der Waals surface area contributed by atoms with E-state index in [0.717, 1.165) is 0 Å². The molecule has 9 heteroatoms. The maximum absolute atomic E-state index is 11.6. The number of carbonyl (C=O) groups is 2. The monoisotopic (exact) mass is 257 g/mol. The Balaban J connectivity index is 2.53. The molecule has 1 rings (SSSR count). The molecule has 0 fully saturated rings. The summed E-state index contributed by atoms with van der Waals surface area (Å²) >= 11 is 0. The van der Waals surface area contributed by atoms with Gasteiger partial charge in [0, 0.05) is 13.6 Å². The molecule has 1 aromatic rings. The number of hydrogen-bond donors (Lipinski definition) is 2. The number of ether oxygens (including phenoxy) is 1. The summed E-state index contributed by atoms with van der Waals surface area (Å²) in [6, 6.07) is 0. The average Bonchev–Trinajstić information content (AvgIpc) is 2.76. The zero-order valence-electron chi connectivity index (χ0n) is 10.2. The summed E-state index contributed by atoms with van der Waals surface area (Å²) in [5.41, 5.74) is 0. The summed E-state index contributed by atoms with van der Waals surface area (Å²) in [7, 11) is 2.80. The van der Waals surface area contributed by atoms with E-state index in [9.17, 15) is 9.59 Å². The number of likely N-dealkylation sites (N-methyl/N-ethyl adjacent to an activating group) is 1. The van der Waals surface area contributed by atoms with Gasteiger partial charge in [0.1, 0.15) is 6.54 Å². The molecule has 1 heterocycles. The van der Waals surface area contributed by atoms with Gasteiger partial charge < -0.3 is 14.7 Å².